The number of aromatic nitrogens is 3. The standard InChI is InChI=1S/C20H17F3N6/c1-11(29-16-9-15(7-8-26-16)20(21,22)23)13-3-5-14(6-4-13)18(24)17-12(2)27-10-28-19(17)25/h3-10,24H,1H2,2H3,(H,26,29)(H2,25,27,28). The molecule has 0 aliphatic heterocycles. The first-order valence-corrected chi connectivity index (χ1v) is 8.43. The van der Waals surface area contributed by atoms with Gasteiger partial charge < -0.3 is 11.1 Å². The molecule has 148 valence electrons. The molecule has 0 amide bonds. The highest BCUT2D eigenvalue weighted by atomic mass is 19.4. The van der Waals surface area contributed by atoms with Crippen molar-refractivity contribution >= 4 is 23.0 Å². The average Bonchev–Trinajstić information content (AvgIpc) is 2.67. The number of hydrogen-bond donors (Lipinski definition) is 3. The third kappa shape index (κ3) is 4.40. The Morgan fingerprint density at radius 2 is 1.72 bits per heavy atom. The van der Waals surface area contributed by atoms with Gasteiger partial charge in [-0.3, -0.25) is 5.41 Å². The first kappa shape index (κ1) is 20.0. The molecule has 0 unspecified atom stereocenters. The van der Waals surface area contributed by atoms with Crippen molar-refractivity contribution in [2.24, 2.45) is 0 Å². The van der Waals surface area contributed by atoms with Gasteiger partial charge in [0.1, 0.15) is 18.0 Å². The van der Waals surface area contributed by atoms with Gasteiger partial charge in [-0.2, -0.15) is 13.2 Å². The number of nitrogens with zero attached hydrogens (tertiary/aromatic N) is 3. The van der Waals surface area contributed by atoms with Gasteiger partial charge in [0.25, 0.3) is 0 Å². The molecule has 0 saturated carbocycles. The number of nitrogens with two attached hydrogens (primary N) is 1. The van der Waals surface area contributed by atoms with Crippen molar-refractivity contribution in [3.05, 3.63) is 83.4 Å². The predicted octanol–water partition coefficient (Wildman–Crippen LogP) is 4.28. The minimum absolute atomic E-state index is 0.0338. The SMILES string of the molecule is C=C(Nc1cc(C(F)(F)F)ccn1)c1ccc(C(=N)c2c(C)ncnc2N)cc1. The lowest BCUT2D eigenvalue weighted by molar-refractivity contribution is -0.137. The lowest BCUT2D eigenvalue weighted by Crippen LogP contribution is -2.11. The summed E-state index contributed by atoms with van der Waals surface area (Å²) in [4.78, 5) is 11.9. The Kier molecular flexibility index (Phi) is 5.31. The van der Waals surface area contributed by atoms with Crippen LogP contribution in [-0.4, -0.2) is 20.7 Å². The largest absolute Gasteiger partial charge is 0.416 e. The molecule has 1 aromatic carbocycles. The van der Waals surface area contributed by atoms with Crippen molar-refractivity contribution in [2.45, 2.75) is 13.1 Å². The maximum Gasteiger partial charge on any atom is 0.416 e. The molecular weight excluding hydrogens is 381 g/mol. The second kappa shape index (κ2) is 7.70. The molecule has 9 heteroatoms. The average molecular weight is 398 g/mol. The zero-order valence-electron chi connectivity index (χ0n) is 15.4. The molecule has 3 rings (SSSR count). The molecule has 0 aliphatic carbocycles. The Bertz CT molecular complexity index is 1050. The lowest BCUT2D eigenvalue weighted by atomic mass is 10.00. The first-order chi connectivity index (χ1) is 13.7. The normalized spacial score (nSPS) is 11.2. The summed E-state index contributed by atoms with van der Waals surface area (Å²) in [5, 5.41) is 11.1. The molecule has 3 aromatic rings. The molecule has 0 fully saturated rings. The Morgan fingerprint density at radius 3 is 2.34 bits per heavy atom. The van der Waals surface area contributed by atoms with E-state index in [1.165, 1.54) is 6.33 Å². The molecule has 2 aromatic heterocycles. The van der Waals surface area contributed by atoms with E-state index in [1.54, 1.807) is 31.2 Å². The molecule has 2 heterocycles. The van der Waals surface area contributed by atoms with Crippen molar-refractivity contribution in [2.75, 3.05) is 11.1 Å². The molecule has 0 radical (unpaired) electrons. The Balaban J connectivity index is 1.78. The first-order valence-electron chi connectivity index (χ1n) is 8.43. The van der Waals surface area contributed by atoms with Crippen LogP contribution in [0.1, 0.15) is 27.9 Å². The summed E-state index contributed by atoms with van der Waals surface area (Å²) in [6, 6.07) is 8.59. The quantitative estimate of drug-likeness (QED) is 0.557. The molecule has 29 heavy (non-hydrogen) atoms. The van der Waals surface area contributed by atoms with Gasteiger partial charge in [0.05, 0.1) is 22.5 Å². The van der Waals surface area contributed by atoms with Crippen LogP contribution in [0.4, 0.5) is 24.8 Å². The van der Waals surface area contributed by atoms with Gasteiger partial charge in [0, 0.05) is 17.5 Å². The van der Waals surface area contributed by atoms with Crippen molar-refractivity contribution in [1.29, 1.82) is 5.41 Å². The van der Waals surface area contributed by atoms with Crippen molar-refractivity contribution in [3.63, 3.8) is 0 Å². The van der Waals surface area contributed by atoms with Crippen LogP contribution in [0.2, 0.25) is 0 Å². The monoisotopic (exact) mass is 398 g/mol. The number of nitrogen functional groups attached to an aromatic ring is 1. The molecule has 0 saturated heterocycles. The van der Waals surface area contributed by atoms with E-state index in [1.807, 2.05) is 0 Å². The summed E-state index contributed by atoms with van der Waals surface area (Å²) in [7, 11) is 0. The van der Waals surface area contributed by atoms with E-state index in [9.17, 15) is 13.2 Å². The number of rotatable bonds is 5. The number of halogens is 3. The maximum absolute atomic E-state index is 12.8. The van der Waals surface area contributed by atoms with Crippen LogP contribution in [0.25, 0.3) is 5.70 Å². The summed E-state index contributed by atoms with van der Waals surface area (Å²) >= 11 is 0. The van der Waals surface area contributed by atoms with Gasteiger partial charge in [0.2, 0.25) is 0 Å². The minimum Gasteiger partial charge on any atom is -0.383 e. The highest BCUT2D eigenvalue weighted by Gasteiger charge is 2.30. The van der Waals surface area contributed by atoms with Crippen LogP contribution in [0.15, 0.2) is 55.5 Å². The van der Waals surface area contributed by atoms with E-state index in [4.69, 9.17) is 11.1 Å². The van der Waals surface area contributed by atoms with E-state index < -0.39 is 11.7 Å². The highest BCUT2D eigenvalue weighted by Crippen LogP contribution is 2.30. The molecule has 0 aliphatic rings. The van der Waals surface area contributed by atoms with Crippen molar-refractivity contribution in [1.82, 2.24) is 15.0 Å². The fourth-order valence-electron chi connectivity index (χ4n) is 2.69. The number of hydrogen-bond acceptors (Lipinski definition) is 6. The Morgan fingerprint density at radius 1 is 1.07 bits per heavy atom. The molecular formula is C20H17F3N6. The van der Waals surface area contributed by atoms with E-state index in [2.05, 4.69) is 26.8 Å². The molecule has 4 N–H and O–H groups in total. The van der Waals surface area contributed by atoms with Crippen molar-refractivity contribution in [3.8, 4) is 0 Å². The van der Waals surface area contributed by atoms with Gasteiger partial charge in [-0.05, 0) is 24.6 Å². The van der Waals surface area contributed by atoms with Crippen LogP contribution < -0.4 is 11.1 Å². The number of pyridine rings is 1. The maximum atomic E-state index is 12.8. The summed E-state index contributed by atoms with van der Waals surface area (Å²) in [6.45, 7) is 5.59. The zero-order chi connectivity index (χ0) is 21.2. The van der Waals surface area contributed by atoms with Crippen LogP contribution in [0.5, 0.6) is 0 Å². The van der Waals surface area contributed by atoms with E-state index in [-0.39, 0.29) is 17.3 Å². The predicted molar refractivity (Wildman–Crippen MR) is 105 cm³/mol. The van der Waals surface area contributed by atoms with E-state index >= 15 is 0 Å². The van der Waals surface area contributed by atoms with Gasteiger partial charge in [-0.15, -0.1) is 0 Å². The zero-order valence-corrected chi connectivity index (χ0v) is 15.4. The lowest BCUT2D eigenvalue weighted by Gasteiger charge is -2.13. The minimum atomic E-state index is -4.45. The third-order valence-electron chi connectivity index (χ3n) is 4.20. The Hall–Kier alpha value is -3.75. The summed E-state index contributed by atoms with van der Waals surface area (Å²) in [6.07, 6.45) is -2.04. The highest BCUT2D eigenvalue weighted by molar-refractivity contribution is 6.14. The second-order valence-electron chi connectivity index (χ2n) is 6.20. The number of alkyl halides is 3. The smallest absolute Gasteiger partial charge is 0.383 e. The summed E-state index contributed by atoms with van der Waals surface area (Å²) in [5.74, 6) is 0.250. The summed E-state index contributed by atoms with van der Waals surface area (Å²) in [5.41, 5.74) is 7.86. The van der Waals surface area contributed by atoms with E-state index in [0.29, 0.717) is 28.1 Å². The topological polar surface area (TPSA) is 101 Å². The van der Waals surface area contributed by atoms with Gasteiger partial charge >= 0.3 is 6.18 Å². The van der Waals surface area contributed by atoms with Crippen LogP contribution in [0, 0.1) is 12.3 Å². The number of nitrogens with one attached hydrogen (secondary N) is 2. The number of benzene rings is 1. The van der Waals surface area contributed by atoms with Gasteiger partial charge in [-0.1, -0.05) is 30.8 Å². The second-order valence-corrected chi connectivity index (χ2v) is 6.20. The van der Waals surface area contributed by atoms with Crippen LogP contribution >= 0.6 is 0 Å². The van der Waals surface area contributed by atoms with Gasteiger partial charge in [-0.25, -0.2) is 15.0 Å². The number of anilines is 2. The fraction of sp³-hybridized carbons (Fsp3) is 0.100. The Labute approximate surface area is 164 Å². The number of aryl methyl sites for hydroxylation is 1. The molecule has 0 bridgehead atoms. The van der Waals surface area contributed by atoms with Crippen LogP contribution in [-0.2, 0) is 6.18 Å². The molecule has 0 spiro atoms. The molecule has 0 atom stereocenters. The molecule has 6 nitrogen and oxygen atoms in total. The van der Waals surface area contributed by atoms with Crippen LogP contribution in [0.3, 0.4) is 0 Å². The van der Waals surface area contributed by atoms with Gasteiger partial charge in [0.15, 0.2) is 0 Å². The summed E-state index contributed by atoms with van der Waals surface area (Å²) < 4.78 is 38.5. The van der Waals surface area contributed by atoms with Crippen molar-refractivity contribution < 1.29 is 13.2 Å². The third-order valence-corrected chi connectivity index (χ3v) is 4.20. The van der Waals surface area contributed by atoms with E-state index in [0.717, 1.165) is 18.3 Å². The fourth-order valence-corrected chi connectivity index (χ4v) is 2.69.